The molecule has 2 aromatic heterocycles. The van der Waals surface area contributed by atoms with Crippen molar-refractivity contribution in [3.63, 3.8) is 0 Å². The van der Waals surface area contributed by atoms with Crippen molar-refractivity contribution in [1.29, 1.82) is 0 Å². The van der Waals surface area contributed by atoms with Crippen LogP contribution in [0.15, 0.2) is 29.8 Å². The molecule has 0 atom stereocenters. The van der Waals surface area contributed by atoms with E-state index in [0.29, 0.717) is 0 Å². The number of nitrogens with zero attached hydrogens (tertiary/aromatic N) is 4. The summed E-state index contributed by atoms with van der Waals surface area (Å²) in [5.74, 6) is 5.02. The van der Waals surface area contributed by atoms with Gasteiger partial charge in [0.2, 0.25) is 0 Å². The summed E-state index contributed by atoms with van der Waals surface area (Å²) < 4.78 is 1.66. The van der Waals surface area contributed by atoms with E-state index >= 15 is 0 Å². The summed E-state index contributed by atoms with van der Waals surface area (Å²) in [7, 11) is 0. The molecule has 0 aromatic carbocycles. The number of aromatic nitrogens is 3. The molecule has 0 saturated heterocycles. The van der Waals surface area contributed by atoms with E-state index in [0.717, 1.165) is 11.2 Å². The first kappa shape index (κ1) is 6.78. The molecule has 5 heteroatoms. The van der Waals surface area contributed by atoms with Gasteiger partial charge in [-0.15, -0.1) is 0 Å². The number of hydrogen-bond acceptors (Lipinski definition) is 4. The van der Waals surface area contributed by atoms with Gasteiger partial charge in [0.15, 0.2) is 5.65 Å². The van der Waals surface area contributed by atoms with Crippen molar-refractivity contribution in [2.75, 3.05) is 0 Å². The molecule has 12 heavy (non-hydrogen) atoms. The third-order valence-corrected chi connectivity index (χ3v) is 1.52. The fraction of sp³-hybridized carbons (Fsp3) is 0. The summed E-state index contributed by atoms with van der Waals surface area (Å²) in [5, 5.41) is 7.45. The molecule has 0 amide bonds. The second-order valence-electron chi connectivity index (χ2n) is 2.27. The molecule has 5 nitrogen and oxygen atoms in total. The molecule has 0 radical (unpaired) electrons. The lowest BCUT2D eigenvalue weighted by atomic mass is 10.4. The summed E-state index contributed by atoms with van der Waals surface area (Å²) >= 11 is 0. The molecule has 2 rings (SSSR count). The van der Waals surface area contributed by atoms with Crippen LogP contribution in [0.5, 0.6) is 0 Å². The Bertz CT molecular complexity index is 416. The maximum absolute atomic E-state index is 5.02. The highest BCUT2D eigenvalue weighted by atomic mass is 15.2. The predicted octanol–water partition coefficient (Wildman–Crippen LogP) is 0.0219. The Morgan fingerprint density at radius 3 is 3.33 bits per heavy atom. The van der Waals surface area contributed by atoms with Gasteiger partial charge in [-0.25, -0.2) is 9.50 Å². The Kier molecular flexibility index (Phi) is 1.48. The summed E-state index contributed by atoms with van der Waals surface area (Å²) in [5.41, 5.74) is 1.57. The minimum absolute atomic E-state index is 0.756. The smallest absolute Gasteiger partial charge is 0.163 e. The van der Waals surface area contributed by atoms with Gasteiger partial charge in [0, 0.05) is 12.4 Å². The van der Waals surface area contributed by atoms with E-state index in [1.54, 1.807) is 16.9 Å². The van der Waals surface area contributed by atoms with Crippen LogP contribution >= 0.6 is 0 Å². The molecule has 0 spiro atoms. The van der Waals surface area contributed by atoms with E-state index in [2.05, 4.69) is 15.2 Å². The molecular formula is C7H7N5. The Balaban J connectivity index is 2.70. The quantitative estimate of drug-likeness (QED) is 0.364. The van der Waals surface area contributed by atoms with Crippen molar-refractivity contribution in [3.05, 3.63) is 30.2 Å². The van der Waals surface area contributed by atoms with E-state index < -0.39 is 0 Å². The highest BCUT2D eigenvalue weighted by molar-refractivity contribution is 5.86. The molecule has 0 fully saturated rings. The van der Waals surface area contributed by atoms with Gasteiger partial charge in [-0.1, -0.05) is 0 Å². The Morgan fingerprint density at radius 2 is 2.50 bits per heavy atom. The van der Waals surface area contributed by atoms with Gasteiger partial charge in [-0.05, 0) is 6.07 Å². The third kappa shape index (κ3) is 0.914. The molecule has 60 valence electrons. The van der Waals surface area contributed by atoms with Crippen LogP contribution in [0.3, 0.4) is 0 Å². The number of hydrogen-bond donors (Lipinski definition) is 1. The normalized spacial score (nSPS) is 11.3. The second-order valence-corrected chi connectivity index (χ2v) is 2.27. The SMILES string of the molecule is N/N=C/c1cnn2cccnc12. The van der Waals surface area contributed by atoms with Crippen molar-refractivity contribution in [2.45, 2.75) is 0 Å². The van der Waals surface area contributed by atoms with Crippen LogP contribution in [-0.4, -0.2) is 20.8 Å². The van der Waals surface area contributed by atoms with Crippen LogP contribution in [-0.2, 0) is 0 Å². The molecular weight excluding hydrogens is 154 g/mol. The average molecular weight is 161 g/mol. The summed E-state index contributed by atoms with van der Waals surface area (Å²) in [6, 6.07) is 1.81. The van der Waals surface area contributed by atoms with E-state index in [4.69, 9.17) is 5.84 Å². The molecule has 0 unspecified atom stereocenters. The van der Waals surface area contributed by atoms with Crippen LogP contribution in [0.25, 0.3) is 5.65 Å². The van der Waals surface area contributed by atoms with Crippen LogP contribution in [0, 0.1) is 0 Å². The van der Waals surface area contributed by atoms with Gasteiger partial charge in [-0.2, -0.15) is 10.2 Å². The van der Waals surface area contributed by atoms with E-state index in [-0.39, 0.29) is 0 Å². The highest BCUT2D eigenvalue weighted by Crippen LogP contribution is 2.02. The Labute approximate surface area is 68.5 Å². The van der Waals surface area contributed by atoms with Crippen molar-refractivity contribution in [3.8, 4) is 0 Å². The number of hydrazone groups is 1. The molecule has 0 aliphatic carbocycles. The predicted molar refractivity (Wildman–Crippen MR) is 44.8 cm³/mol. The van der Waals surface area contributed by atoms with Crippen LogP contribution < -0.4 is 5.84 Å². The number of fused-ring (bicyclic) bond motifs is 1. The highest BCUT2D eigenvalue weighted by Gasteiger charge is 1.99. The van der Waals surface area contributed by atoms with E-state index in [1.807, 2.05) is 12.3 Å². The van der Waals surface area contributed by atoms with E-state index in [1.165, 1.54) is 6.21 Å². The molecule has 2 N–H and O–H groups in total. The van der Waals surface area contributed by atoms with Crippen LogP contribution in [0.1, 0.15) is 5.56 Å². The van der Waals surface area contributed by atoms with Gasteiger partial charge in [0.25, 0.3) is 0 Å². The molecule has 0 aliphatic rings. The third-order valence-electron chi connectivity index (χ3n) is 1.52. The molecule has 0 bridgehead atoms. The summed E-state index contributed by atoms with van der Waals surface area (Å²) in [6.45, 7) is 0. The maximum atomic E-state index is 5.02. The van der Waals surface area contributed by atoms with E-state index in [9.17, 15) is 0 Å². The molecule has 2 aromatic rings. The molecule has 0 aliphatic heterocycles. The lowest BCUT2D eigenvalue weighted by Crippen LogP contribution is -1.90. The number of rotatable bonds is 1. The fourth-order valence-electron chi connectivity index (χ4n) is 1.02. The standard InChI is InChI=1S/C7H7N5/c8-10-4-6-5-11-12-3-1-2-9-7(6)12/h1-5H,8H2/b10-4+. The zero-order valence-electron chi connectivity index (χ0n) is 6.25. The second kappa shape index (κ2) is 2.61. The zero-order valence-corrected chi connectivity index (χ0v) is 6.25. The lowest BCUT2D eigenvalue weighted by molar-refractivity contribution is 0.939. The average Bonchev–Trinajstić information content (AvgIpc) is 2.50. The summed E-state index contributed by atoms with van der Waals surface area (Å²) in [4.78, 5) is 4.11. The van der Waals surface area contributed by atoms with Gasteiger partial charge in [0.05, 0.1) is 18.0 Å². The first-order valence-corrected chi connectivity index (χ1v) is 3.43. The Hall–Kier alpha value is -1.91. The van der Waals surface area contributed by atoms with Gasteiger partial charge in [-0.3, -0.25) is 0 Å². The largest absolute Gasteiger partial charge is 0.323 e. The monoisotopic (exact) mass is 161 g/mol. The van der Waals surface area contributed by atoms with Gasteiger partial charge in [0.1, 0.15) is 0 Å². The molecule has 2 heterocycles. The van der Waals surface area contributed by atoms with Gasteiger partial charge < -0.3 is 5.84 Å². The first-order chi connectivity index (χ1) is 5.92. The van der Waals surface area contributed by atoms with Crippen LogP contribution in [0.2, 0.25) is 0 Å². The van der Waals surface area contributed by atoms with Crippen LogP contribution in [0.4, 0.5) is 0 Å². The minimum Gasteiger partial charge on any atom is -0.323 e. The maximum Gasteiger partial charge on any atom is 0.163 e. The lowest BCUT2D eigenvalue weighted by Gasteiger charge is -1.89. The topological polar surface area (TPSA) is 68.6 Å². The number of nitrogens with two attached hydrogens (primary N) is 1. The van der Waals surface area contributed by atoms with Crippen molar-refractivity contribution >= 4 is 11.9 Å². The zero-order chi connectivity index (χ0) is 8.39. The minimum atomic E-state index is 0.756. The molecule has 0 saturated carbocycles. The first-order valence-electron chi connectivity index (χ1n) is 3.43. The van der Waals surface area contributed by atoms with Gasteiger partial charge >= 0.3 is 0 Å². The summed E-state index contributed by atoms with van der Waals surface area (Å²) in [6.07, 6.45) is 6.70. The Morgan fingerprint density at radius 1 is 1.58 bits per heavy atom. The van der Waals surface area contributed by atoms with Crippen molar-refractivity contribution < 1.29 is 0 Å². The van der Waals surface area contributed by atoms with Crippen molar-refractivity contribution in [2.24, 2.45) is 10.9 Å². The fourth-order valence-corrected chi connectivity index (χ4v) is 1.02. The van der Waals surface area contributed by atoms with Crippen molar-refractivity contribution in [1.82, 2.24) is 14.6 Å².